The van der Waals surface area contributed by atoms with Crippen molar-refractivity contribution >= 4 is 6.08 Å². The van der Waals surface area contributed by atoms with Gasteiger partial charge in [-0.25, -0.2) is 0 Å². The molecule has 0 amide bonds. The van der Waals surface area contributed by atoms with Crippen LogP contribution in [0.2, 0.25) is 0 Å². The van der Waals surface area contributed by atoms with Crippen molar-refractivity contribution in [2.45, 2.75) is 26.3 Å². The van der Waals surface area contributed by atoms with Crippen molar-refractivity contribution < 1.29 is 4.57 Å². The number of pyridine rings is 1. The van der Waals surface area contributed by atoms with E-state index in [1.54, 1.807) is 0 Å². The van der Waals surface area contributed by atoms with Gasteiger partial charge in [-0.3, -0.25) is 0 Å². The second-order valence-corrected chi connectivity index (χ2v) is 5.14. The average molecular weight is 236 g/mol. The Bertz CT molecular complexity index is 609. The van der Waals surface area contributed by atoms with E-state index in [0.717, 1.165) is 6.54 Å². The van der Waals surface area contributed by atoms with Gasteiger partial charge in [0.05, 0.1) is 5.56 Å². The minimum absolute atomic E-state index is 0.574. The van der Waals surface area contributed by atoms with Gasteiger partial charge in [-0.05, 0) is 29.7 Å². The van der Waals surface area contributed by atoms with Crippen LogP contribution in [0.25, 0.3) is 17.3 Å². The smallest absolute Gasteiger partial charge is 0.194 e. The van der Waals surface area contributed by atoms with Crippen LogP contribution in [0.3, 0.4) is 0 Å². The first kappa shape index (κ1) is 11.2. The van der Waals surface area contributed by atoms with Crippen LogP contribution < -0.4 is 4.57 Å². The number of hydrogen-bond acceptors (Lipinski definition) is 0. The van der Waals surface area contributed by atoms with E-state index < -0.39 is 0 Å². The zero-order valence-electron chi connectivity index (χ0n) is 10.9. The van der Waals surface area contributed by atoms with E-state index in [0.29, 0.717) is 5.92 Å². The van der Waals surface area contributed by atoms with E-state index in [-0.39, 0.29) is 0 Å². The molecule has 0 saturated carbocycles. The van der Waals surface area contributed by atoms with Gasteiger partial charge in [-0.1, -0.05) is 38.1 Å². The Labute approximate surface area is 108 Å². The maximum absolute atomic E-state index is 2.34. The maximum atomic E-state index is 2.34. The molecular weight excluding hydrogens is 218 g/mol. The Balaban J connectivity index is 2.20. The summed E-state index contributed by atoms with van der Waals surface area (Å²) < 4.78 is 2.34. The van der Waals surface area contributed by atoms with Crippen LogP contribution in [0.1, 0.15) is 30.9 Å². The molecule has 0 atom stereocenters. The van der Waals surface area contributed by atoms with Crippen molar-refractivity contribution in [2.75, 3.05) is 0 Å². The fraction of sp³-hybridized carbons (Fsp3) is 0.235. The third-order valence-corrected chi connectivity index (χ3v) is 3.55. The van der Waals surface area contributed by atoms with Crippen molar-refractivity contribution in [3.05, 3.63) is 59.8 Å². The molecule has 0 saturated heterocycles. The predicted octanol–water partition coefficient (Wildman–Crippen LogP) is 3.79. The highest BCUT2D eigenvalue weighted by Crippen LogP contribution is 2.25. The molecule has 1 aliphatic rings. The minimum Gasteiger partial charge on any atom is -0.194 e. The summed E-state index contributed by atoms with van der Waals surface area (Å²) in [6, 6.07) is 13.1. The number of aromatic nitrogens is 1. The first-order chi connectivity index (χ1) is 8.75. The van der Waals surface area contributed by atoms with E-state index in [2.05, 4.69) is 73.2 Å². The molecule has 0 bridgehead atoms. The lowest BCUT2D eigenvalue weighted by molar-refractivity contribution is -0.676. The lowest BCUT2D eigenvalue weighted by atomic mass is 10.0. The van der Waals surface area contributed by atoms with Gasteiger partial charge < -0.3 is 0 Å². The summed E-state index contributed by atoms with van der Waals surface area (Å²) >= 11 is 0. The minimum atomic E-state index is 0.574. The number of fused-ring (bicyclic) bond motifs is 3. The molecule has 0 spiro atoms. The zero-order chi connectivity index (χ0) is 12.5. The molecule has 0 radical (unpaired) electrons. The van der Waals surface area contributed by atoms with Crippen molar-refractivity contribution in [2.24, 2.45) is 0 Å². The molecule has 2 heterocycles. The van der Waals surface area contributed by atoms with Crippen LogP contribution in [0.4, 0.5) is 0 Å². The Hall–Kier alpha value is -1.89. The molecule has 1 nitrogen and oxygen atoms in total. The third-order valence-electron chi connectivity index (χ3n) is 3.55. The van der Waals surface area contributed by atoms with Gasteiger partial charge in [0.25, 0.3) is 0 Å². The second kappa shape index (κ2) is 4.41. The number of hydrogen-bond donors (Lipinski definition) is 0. The predicted molar refractivity (Wildman–Crippen MR) is 75.2 cm³/mol. The van der Waals surface area contributed by atoms with E-state index >= 15 is 0 Å². The second-order valence-electron chi connectivity index (χ2n) is 5.14. The van der Waals surface area contributed by atoms with Crippen molar-refractivity contribution in [3.63, 3.8) is 0 Å². The van der Waals surface area contributed by atoms with E-state index in [4.69, 9.17) is 0 Å². The highest BCUT2D eigenvalue weighted by molar-refractivity contribution is 5.72. The van der Waals surface area contributed by atoms with Crippen LogP contribution in [0.15, 0.2) is 48.7 Å². The van der Waals surface area contributed by atoms with E-state index in [1.807, 2.05) is 0 Å². The quantitative estimate of drug-likeness (QED) is 0.663. The fourth-order valence-electron chi connectivity index (χ4n) is 2.47. The standard InChI is InChI=1S/C17H18N/c1-13(2)15-9-10-17-16-8-4-3-6-14(16)7-5-11-18(17)12-15/h3-10,12-13H,11H2,1-2H3/q+1. The highest BCUT2D eigenvalue weighted by Gasteiger charge is 2.18. The summed E-state index contributed by atoms with van der Waals surface area (Å²) in [5.41, 5.74) is 5.33. The van der Waals surface area contributed by atoms with Gasteiger partial charge in [0.1, 0.15) is 0 Å². The summed E-state index contributed by atoms with van der Waals surface area (Å²) in [7, 11) is 0. The molecule has 0 unspecified atom stereocenters. The summed E-state index contributed by atoms with van der Waals surface area (Å²) in [5, 5.41) is 0. The van der Waals surface area contributed by atoms with Gasteiger partial charge in [-0.2, -0.15) is 4.57 Å². The van der Waals surface area contributed by atoms with Crippen molar-refractivity contribution in [3.8, 4) is 11.3 Å². The lowest BCUT2D eigenvalue weighted by Gasteiger charge is -2.07. The first-order valence-electron chi connectivity index (χ1n) is 6.55. The Morgan fingerprint density at radius 2 is 1.89 bits per heavy atom. The molecule has 3 rings (SSSR count). The molecular formula is C17H18N+. The van der Waals surface area contributed by atoms with Crippen LogP contribution in [-0.4, -0.2) is 0 Å². The first-order valence-corrected chi connectivity index (χ1v) is 6.55. The largest absolute Gasteiger partial charge is 0.213 e. The van der Waals surface area contributed by atoms with Gasteiger partial charge in [0.2, 0.25) is 5.69 Å². The molecule has 1 aromatic heterocycles. The highest BCUT2D eigenvalue weighted by atomic mass is 15.0. The number of benzene rings is 1. The van der Waals surface area contributed by atoms with Crippen LogP contribution >= 0.6 is 0 Å². The number of nitrogens with zero attached hydrogens (tertiary/aromatic N) is 1. The normalized spacial score (nSPS) is 13.1. The van der Waals surface area contributed by atoms with E-state index in [9.17, 15) is 0 Å². The molecule has 2 aromatic rings. The van der Waals surface area contributed by atoms with Gasteiger partial charge in [0, 0.05) is 11.6 Å². The van der Waals surface area contributed by atoms with Crippen LogP contribution in [0.5, 0.6) is 0 Å². The summed E-state index contributed by atoms with van der Waals surface area (Å²) in [6.07, 6.45) is 6.74. The topological polar surface area (TPSA) is 3.88 Å². The molecule has 18 heavy (non-hydrogen) atoms. The Morgan fingerprint density at radius 3 is 2.72 bits per heavy atom. The SMILES string of the molecule is CC(C)c1ccc2[n+](c1)CC=Cc1ccccc1-2. The average Bonchev–Trinajstić information content (AvgIpc) is 2.57. The molecule has 1 heteroatoms. The molecule has 1 aliphatic heterocycles. The van der Waals surface area contributed by atoms with E-state index in [1.165, 1.54) is 22.4 Å². The molecule has 0 fully saturated rings. The molecule has 90 valence electrons. The third kappa shape index (κ3) is 1.86. The fourth-order valence-corrected chi connectivity index (χ4v) is 2.47. The van der Waals surface area contributed by atoms with Gasteiger partial charge in [0.15, 0.2) is 12.7 Å². The lowest BCUT2D eigenvalue weighted by Crippen LogP contribution is -2.35. The number of allylic oxidation sites excluding steroid dienone is 1. The summed E-state index contributed by atoms with van der Waals surface area (Å²) in [4.78, 5) is 0. The van der Waals surface area contributed by atoms with Crippen LogP contribution in [-0.2, 0) is 6.54 Å². The maximum Gasteiger partial charge on any atom is 0.213 e. The van der Waals surface area contributed by atoms with Crippen molar-refractivity contribution in [1.29, 1.82) is 0 Å². The Morgan fingerprint density at radius 1 is 1.06 bits per heavy atom. The molecule has 0 N–H and O–H groups in total. The molecule has 1 aromatic carbocycles. The number of rotatable bonds is 1. The van der Waals surface area contributed by atoms with Gasteiger partial charge in [-0.15, -0.1) is 0 Å². The van der Waals surface area contributed by atoms with Gasteiger partial charge >= 0.3 is 0 Å². The summed E-state index contributed by atoms with van der Waals surface area (Å²) in [5.74, 6) is 0.574. The monoisotopic (exact) mass is 236 g/mol. The molecule has 0 aliphatic carbocycles. The Kier molecular flexibility index (Phi) is 2.75. The van der Waals surface area contributed by atoms with Crippen molar-refractivity contribution in [1.82, 2.24) is 0 Å². The van der Waals surface area contributed by atoms with Crippen LogP contribution in [0, 0.1) is 0 Å². The summed E-state index contributed by atoms with van der Waals surface area (Å²) in [6.45, 7) is 5.43. The zero-order valence-corrected chi connectivity index (χ0v) is 10.9.